The number of anilines is 1. The van der Waals surface area contributed by atoms with Crippen molar-refractivity contribution in [1.82, 2.24) is 4.90 Å². The molecule has 3 heteroatoms. The molecule has 0 bridgehead atoms. The largest absolute Gasteiger partial charge is 0.325 e. The molecule has 1 rings (SSSR count). The van der Waals surface area contributed by atoms with Crippen LogP contribution in [0.15, 0.2) is 24.3 Å². The van der Waals surface area contributed by atoms with Crippen molar-refractivity contribution in [2.24, 2.45) is 0 Å². The maximum atomic E-state index is 11.4. The van der Waals surface area contributed by atoms with Crippen molar-refractivity contribution in [1.29, 1.82) is 0 Å². The van der Waals surface area contributed by atoms with E-state index < -0.39 is 0 Å². The maximum absolute atomic E-state index is 11.4. The van der Waals surface area contributed by atoms with E-state index in [1.165, 1.54) is 0 Å². The number of nitrogens with one attached hydrogen (secondary N) is 1. The van der Waals surface area contributed by atoms with Crippen molar-refractivity contribution in [2.75, 3.05) is 26.0 Å². The SMILES string of the molecule is Cc1cccc(NC(=O)CN(C)C)c1. The molecule has 0 aliphatic carbocycles. The standard InChI is InChI=1S/C11H16N2O/c1-9-5-4-6-10(7-9)12-11(14)8-13(2)3/h4-7H,8H2,1-3H3,(H,12,14). The van der Waals surface area contributed by atoms with Crippen LogP contribution in [-0.2, 0) is 4.79 Å². The minimum atomic E-state index is 0.0144. The number of hydrogen-bond acceptors (Lipinski definition) is 2. The van der Waals surface area contributed by atoms with Crippen molar-refractivity contribution in [3.05, 3.63) is 29.8 Å². The van der Waals surface area contributed by atoms with Gasteiger partial charge in [-0.05, 0) is 38.7 Å². The Balaban J connectivity index is 2.56. The first-order chi connectivity index (χ1) is 6.58. The fourth-order valence-corrected chi connectivity index (χ4v) is 1.21. The van der Waals surface area contributed by atoms with Crippen LogP contribution in [0.5, 0.6) is 0 Å². The second-order valence-corrected chi connectivity index (χ2v) is 3.66. The van der Waals surface area contributed by atoms with E-state index in [1.807, 2.05) is 50.2 Å². The lowest BCUT2D eigenvalue weighted by Crippen LogP contribution is -2.27. The molecule has 0 atom stereocenters. The topological polar surface area (TPSA) is 32.3 Å². The van der Waals surface area contributed by atoms with Gasteiger partial charge in [0, 0.05) is 5.69 Å². The molecule has 0 saturated carbocycles. The smallest absolute Gasteiger partial charge is 0.238 e. The molecule has 0 radical (unpaired) electrons. The first-order valence-electron chi connectivity index (χ1n) is 4.59. The molecule has 14 heavy (non-hydrogen) atoms. The Morgan fingerprint density at radius 1 is 1.43 bits per heavy atom. The van der Waals surface area contributed by atoms with Crippen molar-refractivity contribution in [2.45, 2.75) is 6.92 Å². The normalized spacial score (nSPS) is 10.3. The van der Waals surface area contributed by atoms with Gasteiger partial charge in [-0.15, -0.1) is 0 Å². The van der Waals surface area contributed by atoms with Crippen LogP contribution in [0.4, 0.5) is 5.69 Å². The average molecular weight is 192 g/mol. The van der Waals surface area contributed by atoms with Crippen molar-refractivity contribution in [3.8, 4) is 0 Å². The van der Waals surface area contributed by atoms with E-state index in [0.717, 1.165) is 11.3 Å². The summed E-state index contributed by atoms with van der Waals surface area (Å²) >= 11 is 0. The van der Waals surface area contributed by atoms with E-state index in [-0.39, 0.29) is 5.91 Å². The van der Waals surface area contributed by atoms with Gasteiger partial charge in [-0.25, -0.2) is 0 Å². The van der Waals surface area contributed by atoms with Gasteiger partial charge in [0.25, 0.3) is 0 Å². The molecule has 1 N–H and O–H groups in total. The second kappa shape index (κ2) is 4.77. The molecule has 1 aromatic carbocycles. The highest BCUT2D eigenvalue weighted by atomic mass is 16.2. The molecule has 0 unspecified atom stereocenters. The molecule has 0 aliphatic heterocycles. The lowest BCUT2D eigenvalue weighted by atomic mass is 10.2. The van der Waals surface area contributed by atoms with Crippen LogP contribution in [-0.4, -0.2) is 31.4 Å². The summed E-state index contributed by atoms with van der Waals surface area (Å²) in [5, 5.41) is 2.83. The third kappa shape index (κ3) is 3.58. The van der Waals surface area contributed by atoms with Crippen LogP contribution < -0.4 is 5.32 Å². The molecule has 0 spiro atoms. The highest BCUT2D eigenvalue weighted by Gasteiger charge is 2.02. The van der Waals surface area contributed by atoms with E-state index in [2.05, 4.69) is 5.32 Å². The van der Waals surface area contributed by atoms with Gasteiger partial charge >= 0.3 is 0 Å². The van der Waals surface area contributed by atoms with Gasteiger partial charge in [0.05, 0.1) is 6.54 Å². The van der Waals surface area contributed by atoms with E-state index in [4.69, 9.17) is 0 Å². The van der Waals surface area contributed by atoms with Gasteiger partial charge in [0.2, 0.25) is 5.91 Å². The Bertz CT molecular complexity index is 321. The third-order valence-corrected chi connectivity index (χ3v) is 1.76. The summed E-state index contributed by atoms with van der Waals surface area (Å²) in [4.78, 5) is 13.2. The van der Waals surface area contributed by atoms with Crippen LogP contribution in [0.3, 0.4) is 0 Å². The summed E-state index contributed by atoms with van der Waals surface area (Å²) in [6, 6.07) is 7.77. The fraction of sp³-hybridized carbons (Fsp3) is 0.364. The molecular formula is C11H16N2O. The molecule has 76 valence electrons. The lowest BCUT2D eigenvalue weighted by molar-refractivity contribution is -0.116. The van der Waals surface area contributed by atoms with Crippen LogP contribution in [0, 0.1) is 6.92 Å². The van der Waals surface area contributed by atoms with Crippen molar-refractivity contribution >= 4 is 11.6 Å². The Morgan fingerprint density at radius 2 is 2.14 bits per heavy atom. The number of nitrogens with zero attached hydrogens (tertiary/aromatic N) is 1. The first kappa shape index (κ1) is 10.7. The molecule has 3 nitrogen and oxygen atoms in total. The average Bonchev–Trinajstić information content (AvgIpc) is 2.01. The van der Waals surface area contributed by atoms with Gasteiger partial charge in [0.15, 0.2) is 0 Å². The van der Waals surface area contributed by atoms with Gasteiger partial charge in [-0.1, -0.05) is 12.1 Å². The summed E-state index contributed by atoms with van der Waals surface area (Å²) in [6.45, 7) is 2.41. The number of rotatable bonds is 3. The van der Waals surface area contributed by atoms with Gasteiger partial charge in [-0.2, -0.15) is 0 Å². The molecule has 0 heterocycles. The predicted octanol–water partition coefficient (Wildman–Crippen LogP) is 1.50. The lowest BCUT2D eigenvalue weighted by Gasteiger charge is -2.10. The van der Waals surface area contributed by atoms with E-state index in [0.29, 0.717) is 6.54 Å². The second-order valence-electron chi connectivity index (χ2n) is 3.66. The Morgan fingerprint density at radius 3 is 2.71 bits per heavy atom. The molecule has 0 fully saturated rings. The summed E-state index contributed by atoms with van der Waals surface area (Å²) in [6.07, 6.45) is 0. The number of carbonyl (C=O) groups is 1. The van der Waals surface area contributed by atoms with E-state index in [1.54, 1.807) is 0 Å². The fourth-order valence-electron chi connectivity index (χ4n) is 1.21. The highest BCUT2D eigenvalue weighted by molar-refractivity contribution is 5.92. The Hall–Kier alpha value is -1.35. The summed E-state index contributed by atoms with van der Waals surface area (Å²) < 4.78 is 0. The number of likely N-dealkylation sites (N-methyl/N-ethyl adjacent to an activating group) is 1. The number of benzene rings is 1. The Kier molecular flexibility index (Phi) is 3.65. The number of aryl methyl sites for hydroxylation is 1. The van der Waals surface area contributed by atoms with E-state index in [9.17, 15) is 4.79 Å². The van der Waals surface area contributed by atoms with Crippen LogP contribution in [0.1, 0.15) is 5.56 Å². The predicted molar refractivity (Wildman–Crippen MR) is 58.4 cm³/mol. The number of carbonyl (C=O) groups excluding carboxylic acids is 1. The highest BCUT2D eigenvalue weighted by Crippen LogP contribution is 2.08. The summed E-state index contributed by atoms with van der Waals surface area (Å²) in [5.41, 5.74) is 2.00. The monoisotopic (exact) mass is 192 g/mol. The molecule has 1 amide bonds. The van der Waals surface area contributed by atoms with Crippen molar-refractivity contribution < 1.29 is 4.79 Å². The number of hydrogen-bond donors (Lipinski definition) is 1. The molecule has 1 aromatic rings. The van der Waals surface area contributed by atoms with Crippen LogP contribution in [0.25, 0.3) is 0 Å². The zero-order chi connectivity index (χ0) is 10.6. The van der Waals surface area contributed by atoms with Gasteiger partial charge < -0.3 is 10.2 Å². The Labute approximate surface area is 84.7 Å². The molecular weight excluding hydrogens is 176 g/mol. The maximum Gasteiger partial charge on any atom is 0.238 e. The molecule has 0 saturated heterocycles. The first-order valence-corrected chi connectivity index (χ1v) is 4.59. The van der Waals surface area contributed by atoms with Gasteiger partial charge in [-0.3, -0.25) is 4.79 Å². The summed E-state index contributed by atoms with van der Waals surface area (Å²) in [5.74, 6) is 0.0144. The van der Waals surface area contributed by atoms with Crippen LogP contribution >= 0.6 is 0 Å². The minimum Gasteiger partial charge on any atom is -0.325 e. The zero-order valence-electron chi connectivity index (χ0n) is 8.87. The van der Waals surface area contributed by atoms with Crippen molar-refractivity contribution in [3.63, 3.8) is 0 Å². The molecule has 0 aliphatic rings. The summed E-state index contributed by atoms with van der Waals surface area (Å²) in [7, 11) is 3.74. The van der Waals surface area contributed by atoms with E-state index >= 15 is 0 Å². The molecule has 0 aromatic heterocycles. The van der Waals surface area contributed by atoms with Crippen LogP contribution in [0.2, 0.25) is 0 Å². The third-order valence-electron chi connectivity index (χ3n) is 1.76. The minimum absolute atomic E-state index is 0.0144. The number of amides is 1. The van der Waals surface area contributed by atoms with Gasteiger partial charge in [0.1, 0.15) is 0 Å². The zero-order valence-corrected chi connectivity index (χ0v) is 8.87. The quantitative estimate of drug-likeness (QED) is 0.787.